The van der Waals surface area contributed by atoms with Gasteiger partial charge in [0, 0.05) is 11.9 Å². The van der Waals surface area contributed by atoms with Crippen LogP contribution < -0.4 is 15.4 Å². The van der Waals surface area contributed by atoms with Crippen LogP contribution in [0.4, 0.5) is 11.5 Å². The first-order valence-corrected chi connectivity index (χ1v) is 7.64. The summed E-state index contributed by atoms with van der Waals surface area (Å²) >= 11 is 1.52. The van der Waals surface area contributed by atoms with E-state index in [9.17, 15) is 0 Å². The Hall–Kier alpha value is -2.48. The number of rotatable bonds is 2. The van der Waals surface area contributed by atoms with Gasteiger partial charge in [0.25, 0.3) is 0 Å². The van der Waals surface area contributed by atoms with Gasteiger partial charge in [0.2, 0.25) is 0 Å². The molecule has 3 aromatic rings. The maximum atomic E-state index is 5.81. The molecule has 1 aliphatic rings. The van der Waals surface area contributed by atoms with Crippen molar-refractivity contribution in [2.24, 2.45) is 0 Å². The second-order valence-electron chi connectivity index (χ2n) is 5.00. The number of aromatic nitrogens is 4. The zero-order valence-corrected chi connectivity index (χ0v) is 12.7. The molecule has 0 unspecified atom stereocenters. The van der Waals surface area contributed by atoms with Crippen molar-refractivity contribution in [3.8, 4) is 5.75 Å². The second kappa shape index (κ2) is 5.06. The number of hydrogen-bond donors (Lipinski definition) is 2. The topological polar surface area (TPSA) is 92.9 Å². The Morgan fingerprint density at radius 2 is 2.27 bits per heavy atom. The van der Waals surface area contributed by atoms with Gasteiger partial charge in [0.1, 0.15) is 18.7 Å². The van der Waals surface area contributed by atoms with Crippen LogP contribution in [0.1, 0.15) is 0 Å². The van der Waals surface area contributed by atoms with E-state index in [1.54, 1.807) is 0 Å². The molecule has 22 heavy (non-hydrogen) atoms. The van der Waals surface area contributed by atoms with Crippen molar-refractivity contribution in [2.45, 2.75) is 10.1 Å². The molecule has 4 rings (SSSR count). The maximum Gasteiger partial charge on any atom is 0.172 e. The zero-order valence-electron chi connectivity index (χ0n) is 11.9. The minimum atomic E-state index is 0.381. The lowest BCUT2D eigenvalue weighted by molar-refractivity contribution is 0.311. The number of H-pyrrole nitrogens is 1. The number of imidazole rings is 1. The van der Waals surface area contributed by atoms with Crippen LogP contribution in [0, 0.1) is 0 Å². The third-order valence-corrected chi connectivity index (χ3v) is 4.41. The van der Waals surface area contributed by atoms with Crippen LogP contribution in [0.5, 0.6) is 5.75 Å². The first-order valence-electron chi connectivity index (χ1n) is 6.83. The number of benzene rings is 1. The molecule has 3 heterocycles. The number of ether oxygens (including phenoxy) is 1. The standard InChI is InChI=1S/C14H14N6OS/c1-20-4-5-21-10-3-2-8(6-9(10)20)22-14-18-11-12(15)16-7-17-13(11)19-14/h2-3,6-7H,4-5H2,1H3,(H3,15,16,17,18,19). The van der Waals surface area contributed by atoms with Crippen LogP contribution in [0.3, 0.4) is 0 Å². The van der Waals surface area contributed by atoms with Crippen LogP contribution in [-0.4, -0.2) is 40.1 Å². The highest BCUT2D eigenvalue weighted by atomic mass is 32.2. The predicted octanol–water partition coefficient (Wildman–Crippen LogP) is 1.91. The third-order valence-electron chi connectivity index (χ3n) is 3.53. The first kappa shape index (κ1) is 13.2. The average Bonchev–Trinajstić information content (AvgIpc) is 2.92. The summed E-state index contributed by atoms with van der Waals surface area (Å²) in [5, 5.41) is 0.738. The highest BCUT2D eigenvalue weighted by Gasteiger charge is 2.16. The lowest BCUT2D eigenvalue weighted by atomic mass is 10.2. The minimum absolute atomic E-state index is 0.381. The van der Waals surface area contributed by atoms with Crippen molar-refractivity contribution in [1.29, 1.82) is 0 Å². The van der Waals surface area contributed by atoms with Gasteiger partial charge in [-0.25, -0.2) is 15.0 Å². The lowest BCUT2D eigenvalue weighted by Gasteiger charge is -2.27. The van der Waals surface area contributed by atoms with Gasteiger partial charge < -0.3 is 20.4 Å². The molecule has 8 heteroatoms. The number of nitrogens with one attached hydrogen (secondary N) is 1. The smallest absolute Gasteiger partial charge is 0.172 e. The van der Waals surface area contributed by atoms with Crippen LogP contribution in [0.25, 0.3) is 11.2 Å². The van der Waals surface area contributed by atoms with Crippen molar-refractivity contribution in [2.75, 3.05) is 30.8 Å². The van der Waals surface area contributed by atoms with E-state index < -0.39 is 0 Å². The molecular formula is C14H14N6OS. The van der Waals surface area contributed by atoms with Crippen molar-refractivity contribution < 1.29 is 4.74 Å². The SMILES string of the molecule is CN1CCOc2ccc(Sc3nc4c(N)ncnc4[nH]3)cc21. The van der Waals surface area contributed by atoms with Crippen molar-refractivity contribution >= 4 is 34.4 Å². The summed E-state index contributed by atoms with van der Waals surface area (Å²) in [6.07, 6.45) is 1.43. The summed E-state index contributed by atoms with van der Waals surface area (Å²) in [5.74, 6) is 1.30. The quantitative estimate of drug-likeness (QED) is 0.746. The molecule has 1 aromatic carbocycles. The van der Waals surface area contributed by atoms with Crippen LogP contribution >= 0.6 is 11.8 Å². The Morgan fingerprint density at radius 1 is 1.36 bits per heavy atom. The van der Waals surface area contributed by atoms with Gasteiger partial charge in [-0.05, 0) is 18.2 Å². The number of nitrogen functional groups attached to an aromatic ring is 1. The summed E-state index contributed by atoms with van der Waals surface area (Å²) in [7, 11) is 2.06. The summed E-state index contributed by atoms with van der Waals surface area (Å²) in [5.41, 5.74) is 8.14. The number of nitrogens with two attached hydrogens (primary N) is 1. The second-order valence-corrected chi connectivity index (χ2v) is 6.06. The van der Waals surface area contributed by atoms with E-state index in [2.05, 4.69) is 37.9 Å². The van der Waals surface area contributed by atoms with Crippen molar-refractivity contribution in [1.82, 2.24) is 19.9 Å². The van der Waals surface area contributed by atoms with E-state index in [1.807, 2.05) is 12.1 Å². The predicted molar refractivity (Wildman–Crippen MR) is 85.4 cm³/mol. The van der Waals surface area contributed by atoms with E-state index in [1.165, 1.54) is 18.1 Å². The van der Waals surface area contributed by atoms with Crippen molar-refractivity contribution in [3.05, 3.63) is 24.5 Å². The zero-order chi connectivity index (χ0) is 15.1. The summed E-state index contributed by atoms with van der Waals surface area (Å²) in [4.78, 5) is 18.9. The fourth-order valence-electron chi connectivity index (χ4n) is 2.38. The highest BCUT2D eigenvalue weighted by Crippen LogP contribution is 2.36. The molecule has 0 atom stereocenters. The van der Waals surface area contributed by atoms with E-state index in [0.717, 1.165) is 34.6 Å². The number of aromatic amines is 1. The van der Waals surface area contributed by atoms with Gasteiger partial charge >= 0.3 is 0 Å². The van der Waals surface area contributed by atoms with E-state index in [0.29, 0.717) is 17.0 Å². The monoisotopic (exact) mass is 314 g/mol. The molecule has 0 saturated carbocycles. The van der Waals surface area contributed by atoms with E-state index >= 15 is 0 Å². The number of nitrogens with zero attached hydrogens (tertiary/aromatic N) is 4. The normalized spacial score (nSPS) is 14.0. The van der Waals surface area contributed by atoms with Gasteiger partial charge in [-0.2, -0.15) is 0 Å². The first-order chi connectivity index (χ1) is 10.7. The molecule has 0 bridgehead atoms. The summed E-state index contributed by atoms with van der Waals surface area (Å²) in [6, 6.07) is 6.11. The maximum absolute atomic E-state index is 5.81. The summed E-state index contributed by atoms with van der Waals surface area (Å²) < 4.78 is 5.65. The number of fused-ring (bicyclic) bond motifs is 2. The molecule has 0 spiro atoms. The molecule has 0 amide bonds. The van der Waals surface area contributed by atoms with Gasteiger partial charge in [-0.3, -0.25) is 0 Å². The Kier molecular flexibility index (Phi) is 3.04. The fourth-order valence-corrected chi connectivity index (χ4v) is 3.19. The van der Waals surface area contributed by atoms with Crippen LogP contribution in [0.2, 0.25) is 0 Å². The fraction of sp³-hybridized carbons (Fsp3) is 0.214. The Bertz CT molecular complexity index is 848. The molecule has 112 valence electrons. The average molecular weight is 314 g/mol. The van der Waals surface area contributed by atoms with Gasteiger partial charge in [0.05, 0.1) is 12.2 Å². The molecule has 0 radical (unpaired) electrons. The molecule has 0 fully saturated rings. The molecular weight excluding hydrogens is 300 g/mol. The number of anilines is 2. The molecule has 7 nitrogen and oxygen atoms in total. The molecule has 0 aliphatic carbocycles. The van der Waals surface area contributed by atoms with E-state index in [4.69, 9.17) is 10.5 Å². The van der Waals surface area contributed by atoms with Crippen molar-refractivity contribution in [3.63, 3.8) is 0 Å². The third kappa shape index (κ3) is 2.21. The number of hydrogen-bond acceptors (Lipinski definition) is 7. The Morgan fingerprint density at radius 3 is 3.14 bits per heavy atom. The van der Waals surface area contributed by atoms with Gasteiger partial charge in [-0.1, -0.05) is 11.8 Å². The number of likely N-dealkylation sites (N-methyl/N-ethyl adjacent to an activating group) is 1. The Balaban J connectivity index is 1.67. The highest BCUT2D eigenvalue weighted by molar-refractivity contribution is 7.99. The van der Waals surface area contributed by atoms with Crippen LogP contribution in [0.15, 0.2) is 34.6 Å². The van der Waals surface area contributed by atoms with Crippen LogP contribution in [-0.2, 0) is 0 Å². The van der Waals surface area contributed by atoms with Gasteiger partial charge in [0.15, 0.2) is 22.1 Å². The van der Waals surface area contributed by atoms with E-state index in [-0.39, 0.29) is 0 Å². The molecule has 2 aromatic heterocycles. The minimum Gasteiger partial charge on any atom is -0.490 e. The molecule has 0 saturated heterocycles. The molecule has 1 aliphatic heterocycles. The largest absolute Gasteiger partial charge is 0.490 e. The van der Waals surface area contributed by atoms with Gasteiger partial charge in [-0.15, -0.1) is 0 Å². The molecule has 3 N–H and O–H groups in total. The summed E-state index contributed by atoms with van der Waals surface area (Å²) in [6.45, 7) is 1.61. The lowest BCUT2D eigenvalue weighted by Crippen LogP contribution is -2.28. The Labute approximate surface area is 130 Å².